The standard InChI is InChI=1S/C34H48N2O/c1-9-25-11-10-16-36(22-25,23-26-18-28(33(3,4)5)20-29(19-26)34(6,7)8)24(2)17-27-14-15-35-32-13-12-30(37)21-31(27)32/h12-15,18-21,24-25H,9-11,16-17,22-23H2,1-8H3/p+1. The van der Waals surface area contributed by atoms with Gasteiger partial charge in [0.25, 0.3) is 0 Å². The molecule has 1 fully saturated rings. The number of aromatic nitrogens is 1. The zero-order valence-electron chi connectivity index (χ0n) is 24.6. The maximum Gasteiger partial charge on any atom is 0.116 e. The van der Waals surface area contributed by atoms with E-state index in [-0.39, 0.29) is 10.8 Å². The van der Waals surface area contributed by atoms with Crippen LogP contribution in [0.15, 0.2) is 48.7 Å². The molecule has 3 atom stereocenters. The fraction of sp³-hybridized carbons (Fsp3) is 0.559. The van der Waals surface area contributed by atoms with Crippen LogP contribution in [0.5, 0.6) is 5.75 Å². The van der Waals surface area contributed by atoms with E-state index in [0.29, 0.717) is 11.8 Å². The van der Waals surface area contributed by atoms with Crippen molar-refractivity contribution in [1.29, 1.82) is 0 Å². The molecular formula is C34H49N2O+. The quantitative estimate of drug-likeness (QED) is 0.345. The molecule has 0 radical (unpaired) electrons. The van der Waals surface area contributed by atoms with Gasteiger partial charge < -0.3 is 9.59 Å². The largest absolute Gasteiger partial charge is 0.508 e. The van der Waals surface area contributed by atoms with Gasteiger partial charge in [-0.25, -0.2) is 0 Å². The van der Waals surface area contributed by atoms with Crippen LogP contribution >= 0.6 is 0 Å². The van der Waals surface area contributed by atoms with Gasteiger partial charge in [0.2, 0.25) is 0 Å². The summed E-state index contributed by atoms with van der Waals surface area (Å²) in [6.45, 7) is 22.4. The van der Waals surface area contributed by atoms with Crippen molar-refractivity contribution in [3.63, 3.8) is 0 Å². The molecule has 0 saturated carbocycles. The Balaban J connectivity index is 1.75. The molecule has 1 saturated heterocycles. The van der Waals surface area contributed by atoms with Crippen molar-refractivity contribution in [3.8, 4) is 5.75 Å². The van der Waals surface area contributed by atoms with E-state index < -0.39 is 0 Å². The van der Waals surface area contributed by atoms with E-state index in [1.165, 1.54) is 54.6 Å². The molecule has 4 rings (SSSR count). The monoisotopic (exact) mass is 501 g/mol. The maximum atomic E-state index is 10.2. The molecule has 2 aromatic carbocycles. The number of pyridine rings is 1. The van der Waals surface area contributed by atoms with Crippen LogP contribution in [0.1, 0.15) is 96.9 Å². The fourth-order valence-electron chi connectivity index (χ4n) is 6.32. The number of phenols is 1. The molecule has 0 amide bonds. The molecule has 37 heavy (non-hydrogen) atoms. The first kappa shape index (κ1) is 27.6. The van der Waals surface area contributed by atoms with Crippen molar-refractivity contribution in [2.75, 3.05) is 13.1 Å². The number of hydrogen-bond donors (Lipinski definition) is 1. The van der Waals surface area contributed by atoms with Gasteiger partial charge in [-0.05, 0) is 90.1 Å². The minimum absolute atomic E-state index is 0.123. The molecule has 0 bridgehead atoms. The smallest absolute Gasteiger partial charge is 0.116 e. The average Bonchev–Trinajstić information content (AvgIpc) is 2.83. The third-order valence-electron chi connectivity index (χ3n) is 8.90. The minimum atomic E-state index is 0.123. The third kappa shape index (κ3) is 6.20. The first-order valence-electron chi connectivity index (χ1n) is 14.4. The first-order valence-corrected chi connectivity index (χ1v) is 14.4. The van der Waals surface area contributed by atoms with Crippen molar-refractivity contribution in [2.45, 2.75) is 104 Å². The Morgan fingerprint density at radius 3 is 2.27 bits per heavy atom. The Labute approximate surface area is 225 Å². The molecule has 1 N–H and O–H groups in total. The predicted octanol–water partition coefficient (Wildman–Crippen LogP) is 8.30. The lowest BCUT2D eigenvalue weighted by Crippen LogP contribution is -2.59. The third-order valence-corrected chi connectivity index (χ3v) is 8.90. The van der Waals surface area contributed by atoms with Crippen LogP contribution in [0.3, 0.4) is 0 Å². The lowest BCUT2D eigenvalue weighted by molar-refractivity contribution is -0.969. The molecule has 0 aliphatic carbocycles. The molecule has 1 aromatic heterocycles. The van der Waals surface area contributed by atoms with Crippen molar-refractivity contribution < 1.29 is 9.59 Å². The summed E-state index contributed by atoms with van der Waals surface area (Å²) >= 11 is 0. The average molecular weight is 502 g/mol. The highest BCUT2D eigenvalue weighted by molar-refractivity contribution is 5.83. The number of likely N-dealkylation sites (tertiary alicyclic amines) is 1. The summed E-state index contributed by atoms with van der Waals surface area (Å²) < 4.78 is 1.14. The molecule has 2 heterocycles. The maximum absolute atomic E-state index is 10.2. The zero-order valence-corrected chi connectivity index (χ0v) is 24.6. The fourth-order valence-corrected chi connectivity index (χ4v) is 6.32. The second kappa shape index (κ2) is 10.4. The number of rotatable bonds is 6. The highest BCUT2D eigenvalue weighted by Gasteiger charge is 2.40. The zero-order chi connectivity index (χ0) is 27.0. The second-order valence-electron chi connectivity index (χ2n) is 13.8. The van der Waals surface area contributed by atoms with Crippen LogP contribution in [0, 0.1) is 5.92 Å². The van der Waals surface area contributed by atoms with Gasteiger partial charge in [0.15, 0.2) is 0 Å². The minimum Gasteiger partial charge on any atom is -0.508 e. The van der Waals surface area contributed by atoms with Crippen LogP contribution in [0.2, 0.25) is 0 Å². The van der Waals surface area contributed by atoms with E-state index in [2.05, 4.69) is 84.6 Å². The Bertz CT molecular complexity index is 1200. The number of aromatic hydroxyl groups is 1. The summed E-state index contributed by atoms with van der Waals surface area (Å²) in [7, 11) is 0. The van der Waals surface area contributed by atoms with Gasteiger partial charge in [0.1, 0.15) is 12.3 Å². The van der Waals surface area contributed by atoms with Crippen LogP contribution in [-0.4, -0.2) is 33.7 Å². The number of phenolic OH excluding ortho intramolecular Hbond substituents is 1. The summed E-state index contributed by atoms with van der Waals surface area (Å²) in [6.07, 6.45) is 6.83. The summed E-state index contributed by atoms with van der Waals surface area (Å²) in [5.41, 5.74) is 6.88. The number of quaternary nitrogens is 1. The molecule has 200 valence electrons. The Morgan fingerprint density at radius 1 is 0.973 bits per heavy atom. The van der Waals surface area contributed by atoms with E-state index in [1.807, 2.05) is 18.3 Å². The summed E-state index contributed by atoms with van der Waals surface area (Å²) in [4.78, 5) is 4.56. The Hall–Kier alpha value is -2.39. The van der Waals surface area contributed by atoms with Crippen LogP contribution < -0.4 is 0 Å². The lowest BCUT2D eigenvalue weighted by Gasteiger charge is -2.49. The highest BCUT2D eigenvalue weighted by Crippen LogP contribution is 2.36. The molecule has 3 heteroatoms. The number of nitrogens with zero attached hydrogens (tertiary/aromatic N) is 2. The van der Waals surface area contributed by atoms with E-state index in [1.54, 1.807) is 6.07 Å². The van der Waals surface area contributed by atoms with Crippen molar-refractivity contribution in [2.24, 2.45) is 5.92 Å². The topological polar surface area (TPSA) is 33.1 Å². The summed E-state index contributed by atoms with van der Waals surface area (Å²) in [5, 5.41) is 11.3. The summed E-state index contributed by atoms with van der Waals surface area (Å²) in [5.74, 6) is 1.10. The molecule has 1 aliphatic heterocycles. The van der Waals surface area contributed by atoms with Gasteiger partial charge in [-0.1, -0.05) is 54.5 Å². The number of hydrogen-bond acceptors (Lipinski definition) is 2. The van der Waals surface area contributed by atoms with Gasteiger partial charge >= 0.3 is 0 Å². The van der Waals surface area contributed by atoms with E-state index in [0.717, 1.165) is 34.3 Å². The normalized spacial score (nSPS) is 21.8. The first-order chi connectivity index (χ1) is 17.3. The van der Waals surface area contributed by atoms with E-state index in [4.69, 9.17) is 0 Å². The van der Waals surface area contributed by atoms with Gasteiger partial charge in [0, 0.05) is 29.5 Å². The number of fused-ring (bicyclic) bond motifs is 1. The molecule has 3 unspecified atom stereocenters. The van der Waals surface area contributed by atoms with Gasteiger partial charge in [0.05, 0.1) is 24.6 Å². The molecule has 1 aliphatic rings. The van der Waals surface area contributed by atoms with Crippen LogP contribution in [-0.2, 0) is 23.8 Å². The Morgan fingerprint density at radius 2 is 1.65 bits per heavy atom. The lowest BCUT2D eigenvalue weighted by atomic mass is 9.79. The van der Waals surface area contributed by atoms with Crippen LogP contribution in [0.4, 0.5) is 0 Å². The van der Waals surface area contributed by atoms with Crippen molar-refractivity contribution >= 4 is 10.9 Å². The SMILES string of the molecule is CCC1CCC[N+](Cc2cc(C(C)(C)C)cc(C(C)(C)C)c2)(C(C)Cc2ccnc3ccc(O)cc23)C1. The van der Waals surface area contributed by atoms with Gasteiger partial charge in [-0.15, -0.1) is 0 Å². The summed E-state index contributed by atoms with van der Waals surface area (Å²) in [6, 6.07) is 15.6. The molecule has 0 spiro atoms. The highest BCUT2D eigenvalue weighted by atomic mass is 16.3. The van der Waals surface area contributed by atoms with E-state index >= 15 is 0 Å². The molecule has 3 aromatic rings. The number of benzene rings is 2. The second-order valence-corrected chi connectivity index (χ2v) is 13.8. The predicted molar refractivity (Wildman–Crippen MR) is 157 cm³/mol. The van der Waals surface area contributed by atoms with Crippen molar-refractivity contribution in [1.82, 2.24) is 4.98 Å². The van der Waals surface area contributed by atoms with Crippen LogP contribution in [0.25, 0.3) is 10.9 Å². The molecular weight excluding hydrogens is 452 g/mol. The van der Waals surface area contributed by atoms with Crippen molar-refractivity contribution in [3.05, 3.63) is 70.9 Å². The number of piperidine rings is 1. The Kier molecular flexibility index (Phi) is 7.77. The van der Waals surface area contributed by atoms with Gasteiger partial charge in [-0.2, -0.15) is 0 Å². The van der Waals surface area contributed by atoms with E-state index in [9.17, 15) is 5.11 Å². The van der Waals surface area contributed by atoms with Gasteiger partial charge in [-0.3, -0.25) is 4.98 Å². The molecule has 3 nitrogen and oxygen atoms in total.